The zero-order valence-corrected chi connectivity index (χ0v) is 7.12. The molecule has 0 radical (unpaired) electrons. The van der Waals surface area contributed by atoms with Crippen LogP contribution in [-0.2, 0) is 4.79 Å². The predicted molar refractivity (Wildman–Crippen MR) is 49.3 cm³/mol. The Bertz CT molecular complexity index is 403. The molecule has 1 aromatic rings. The van der Waals surface area contributed by atoms with Crippen LogP contribution in [0.25, 0.3) is 16.5 Å². The van der Waals surface area contributed by atoms with Crippen molar-refractivity contribution in [2.24, 2.45) is 5.11 Å². The Balaban J connectivity index is 2.83. The van der Waals surface area contributed by atoms with Crippen molar-refractivity contribution in [1.29, 1.82) is 0 Å². The fraction of sp³-hybridized carbons (Fsp3) is 0. The van der Waals surface area contributed by atoms with Crippen molar-refractivity contribution in [2.75, 3.05) is 0 Å². The second-order valence-electron chi connectivity index (χ2n) is 2.43. The van der Waals surface area contributed by atoms with Crippen LogP contribution in [0.3, 0.4) is 0 Å². The van der Waals surface area contributed by atoms with Gasteiger partial charge in [-0.3, -0.25) is 0 Å². The van der Waals surface area contributed by atoms with Gasteiger partial charge < -0.3 is 9.90 Å². The molecule has 0 N–H and O–H groups in total. The third-order valence-electron chi connectivity index (χ3n) is 1.47. The van der Waals surface area contributed by atoms with E-state index in [1.54, 1.807) is 24.3 Å². The monoisotopic (exact) mass is 188 g/mol. The van der Waals surface area contributed by atoms with Gasteiger partial charge in [-0.05, 0) is 17.2 Å². The molecule has 0 aliphatic rings. The molecule has 0 aliphatic carbocycles. The number of carboxylic acids is 1. The molecule has 1 rings (SSSR count). The average Bonchev–Trinajstić information content (AvgIpc) is 2.17. The Labute approximate surface area is 79.9 Å². The molecule has 0 fully saturated rings. The van der Waals surface area contributed by atoms with Gasteiger partial charge in [0.25, 0.3) is 0 Å². The second kappa shape index (κ2) is 4.69. The average molecular weight is 188 g/mol. The molecule has 0 saturated heterocycles. The summed E-state index contributed by atoms with van der Waals surface area (Å²) >= 11 is 0. The molecule has 5 nitrogen and oxygen atoms in total. The van der Waals surface area contributed by atoms with Crippen LogP contribution in [0, 0.1) is 0 Å². The van der Waals surface area contributed by atoms with Crippen molar-refractivity contribution < 1.29 is 9.90 Å². The quantitative estimate of drug-likeness (QED) is 0.310. The Hall–Kier alpha value is -2.26. The van der Waals surface area contributed by atoms with E-state index in [1.807, 2.05) is 0 Å². The molecule has 0 amide bonds. The molecule has 0 aromatic heterocycles. The van der Waals surface area contributed by atoms with E-state index in [4.69, 9.17) is 5.53 Å². The smallest absolute Gasteiger partial charge is 0.0643 e. The van der Waals surface area contributed by atoms with Crippen molar-refractivity contribution in [3.05, 3.63) is 46.3 Å². The van der Waals surface area contributed by atoms with E-state index in [-0.39, 0.29) is 0 Å². The van der Waals surface area contributed by atoms with Crippen molar-refractivity contribution in [3.8, 4) is 0 Å². The van der Waals surface area contributed by atoms with E-state index < -0.39 is 5.97 Å². The molecule has 0 heterocycles. The van der Waals surface area contributed by atoms with Gasteiger partial charge in [-0.1, -0.05) is 35.5 Å². The van der Waals surface area contributed by atoms with E-state index in [2.05, 4.69) is 10.0 Å². The number of hydrogen-bond donors (Lipinski definition) is 0. The molecule has 0 saturated carbocycles. The van der Waals surface area contributed by atoms with Crippen molar-refractivity contribution in [3.63, 3.8) is 0 Å². The summed E-state index contributed by atoms with van der Waals surface area (Å²) in [7, 11) is 0. The van der Waals surface area contributed by atoms with Gasteiger partial charge in [0.15, 0.2) is 0 Å². The number of benzene rings is 1. The van der Waals surface area contributed by atoms with Gasteiger partial charge in [0.1, 0.15) is 0 Å². The molecule has 0 aliphatic heterocycles. The molecule has 0 atom stereocenters. The first-order valence-corrected chi connectivity index (χ1v) is 3.76. The van der Waals surface area contributed by atoms with Crippen molar-refractivity contribution in [2.45, 2.75) is 0 Å². The van der Waals surface area contributed by atoms with Crippen LogP contribution in [0.5, 0.6) is 0 Å². The Kier molecular flexibility index (Phi) is 3.29. The number of carbonyl (C=O) groups is 1. The zero-order chi connectivity index (χ0) is 10.4. The van der Waals surface area contributed by atoms with Gasteiger partial charge >= 0.3 is 0 Å². The zero-order valence-electron chi connectivity index (χ0n) is 7.12. The topological polar surface area (TPSA) is 88.9 Å². The van der Waals surface area contributed by atoms with Crippen LogP contribution < -0.4 is 5.11 Å². The largest absolute Gasteiger partial charge is 0.545 e. The number of carbonyl (C=O) groups excluding carboxylic acids is 1. The van der Waals surface area contributed by atoms with Crippen LogP contribution >= 0.6 is 0 Å². The fourth-order valence-corrected chi connectivity index (χ4v) is 0.868. The lowest BCUT2D eigenvalue weighted by molar-refractivity contribution is -0.297. The van der Waals surface area contributed by atoms with E-state index in [0.29, 0.717) is 11.3 Å². The Morgan fingerprint density at radius 3 is 2.57 bits per heavy atom. The summed E-state index contributed by atoms with van der Waals surface area (Å²) in [6.07, 6.45) is 2.33. The molecule has 14 heavy (non-hydrogen) atoms. The minimum Gasteiger partial charge on any atom is -0.545 e. The first-order chi connectivity index (χ1) is 6.72. The number of nitrogens with zero attached hydrogens (tertiary/aromatic N) is 3. The molecule has 1 aromatic carbocycles. The van der Waals surface area contributed by atoms with Crippen molar-refractivity contribution >= 4 is 17.7 Å². The van der Waals surface area contributed by atoms with Crippen LogP contribution in [0.1, 0.15) is 5.56 Å². The second-order valence-corrected chi connectivity index (χ2v) is 2.43. The van der Waals surface area contributed by atoms with Crippen LogP contribution in [0.15, 0.2) is 35.5 Å². The molecule has 0 bridgehead atoms. The van der Waals surface area contributed by atoms with E-state index in [9.17, 15) is 9.90 Å². The SMILES string of the molecule is [N-]=[N+]=Nc1ccc(/C=C/C(=O)[O-])cc1. The lowest BCUT2D eigenvalue weighted by Gasteiger charge is -1.94. The van der Waals surface area contributed by atoms with Crippen LogP contribution in [0.2, 0.25) is 0 Å². The standard InChI is InChI=1S/C9H7N3O2/c10-12-11-8-4-1-7(2-5-8)3-6-9(13)14/h1-6H,(H,13,14)/p-1/b6-3+. The fourth-order valence-electron chi connectivity index (χ4n) is 0.868. The number of aliphatic carboxylic acids is 1. The van der Waals surface area contributed by atoms with E-state index in [0.717, 1.165) is 6.08 Å². The first kappa shape index (κ1) is 9.83. The number of rotatable bonds is 3. The molecule has 0 unspecified atom stereocenters. The summed E-state index contributed by atoms with van der Waals surface area (Å²) in [4.78, 5) is 12.7. The summed E-state index contributed by atoms with van der Waals surface area (Å²) in [5.74, 6) is -1.25. The van der Waals surface area contributed by atoms with Gasteiger partial charge in [0, 0.05) is 10.6 Å². The van der Waals surface area contributed by atoms with Gasteiger partial charge in [-0.2, -0.15) is 0 Å². The van der Waals surface area contributed by atoms with Gasteiger partial charge in [-0.25, -0.2) is 0 Å². The van der Waals surface area contributed by atoms with E-state index in [1.165, 1.54) is 6.08 Å². The van der Waals surface area contributed by atoms with Gasteiger partial charge in [0.2, 0.25) is 0 Å². The van der Waals surface area contributed by atoms with Crippen LogP contribution in [0.4, 0.5) is 5.69 Å². The molecule has 0 spiro atoms. The highest BCUT2D eigenvalue weighted by Gasteiger charge is 1.88. The minimum absolute atomic E-state index is 0.484. The maximum absolute atomic E-state index is 10.1. The summed E-state index contributed by atoms with van der Waals surface area (Å²) in [6.45, 7) is 0. The minimum atomic E-state index is -1.25. The summed E-state index contributed by atoms with van der Waals surface area (Å²) in [5.41, 5.74) is 9.31. The third kappa shape index (κ3) is 3.00. The third-order valence-corrected chi connectivity index (χ3v) is 1.47. The number of hydrogen-bond acceptors (Lipinski definition) is 3. The molecular formula is C9H6N3O2-. The maximum Gasteiger partial charge on any atom is 0.0643 e. The normalized spacial score (nSPS) is 9.71. The van der Waals surface area contributed by atoms with Gasteiger partial charge in [-0.15, -0.1) is 0 Å². The highest BCUT2D eigenvalue weighted by Crippen LogP contribution is 2.13. The van der Waals surface area contributed by atoms with Gasteiger partial charge in [0.05, 0.1) is 5.97 Å². The number of carboxylic acid groups (broad SMARTS) is 1. The lowest BCUT2D eigenvalue weighted by atomic mass is 10.2. The predicted octanol–water partition coefficient (Wildman–Crippen LogP) is 1.39. The highest BCUT2D eigenvalue weighted by atomic mass is 16.4. The van der Waals surface area contributed by atoms with Crippen LogP contribution in [-0.4, -0.2) is 5.97 Å². The summed E-state index contributed by atoms with van der Waals surface area (Å²) in [5, 5.41) is 13.4. The highest BCUT2D eigenvalue weighted by molar-refractivity contribution is 5.83. The Morgan fingerprint density at radius 1 is 1.43 bits per heavy atom. The summed E-state index contributed by atoms with van der Waals surface area (Å²) in [6, 6.07) is 6.47. The Morgan fingerprint density at radius 2 is 2.07 bits per heavy atom. The molecule has 70 valence electrons. The number of azide groups is 1. The summed E-state index contributed by atoms with van der Waals surface area (Å²) < 4.78 is 0. The molecule has 5 heteroatoms. The maximum atomic E-state index is 10.1. The van der Waals surface area contributed by atoms with E-state index >= 15 is 0 Å². The van der Waals surface area contributed by atoms with Crippen molar-refractivity contribution in [1.82, 2.24) is 0 Å². The lowest BCUT2D eigenvalue weighted by Crippen LogP contribution is -2.18. The molecular weight excluding hydrogens is 182 g/mol. The first-order valence-electron chi connectivity index (χ1n) is 3.76.